The second-order valence-corrected chi connectivity index (χ2v) is 4.76. The third-order valence-electron chi connectivity index (χ3n) is 2.68. The Bertz CT molecular complexity index is 567. The van der Waals surface area contributed by atoms with Gasteiger partial charge in [-0.3, -0.25) is 9.20 Å². The highest BCUT2D eigenvalue weighted by molar-refractivity contribution is 9.10. The van der Waals surface area contributed by atoms with Gasteiger partial charge in [-0.15, -0.1) is 10.2 Å². The number of aromatic nitrogens is 3. The van der Waals surface area contributed by atoms with Crippen LogP contribution >= 0.6 is 15.9 Å². The van der Waals surface area contributed by atoms with Gasteiger partial charge in [-0.2, -0.15) is 0 Å². The lowest BCUT2D eigenvalue weighted by molar-refractivity contribution is -0.145. The molecule has 6 heteroatoms. The summed E-state index contributed by atoms with van der Waals surface area (Å²) < 4.78 is 7.79. The molecule has 0 N–H and O–H groups in total. The largest absolute Gasteiger partial charge is 0.465 e. The minimum absolute atomic E-state index is 0.255. The Labute approximate surface area is 113 Å². The van der Waals surface area contributed by atoms with Gasteiger partial charge in [-0.25, -0.2) is 0 Å². The Morgan fingerprint density at radius 3 is 2.89 bits per heavy atom. The smallest absolute Gasteiger partial charge is 0.316 e. The van der Waals surface area contributed by atoms with E-state index in [-0.39, 0.29) is 11.9 Å². The predicted molar refractivity (Wildman–Crippen MR) is 70.4 cm³/mol. The molecule has 2 rings (SSSR count). The fourth-order valence-corrected chi connectivity index (χ4v) is 2.15. The van der Waals surface area contributed by atoms with E-state index in [1.165, 1.54) is 0 Å². The molecule has 96 valence electrons. The minimum Gasteiger partial charge on any atom is -0.465 e. The number of pyridine rings is 1. The van der Waals surface area contributed by atoms with Crippen LogP contribution in [0.15, 0.2) is 22.8 Å². The van der Waals surface area contributed by atoms with Crippen molar-refractivity contribution in [1.29, 1.82) is 0 Å². The van der Waals surface area contributed by atoms with Crippen LogP contribution in [0.25, 0.3) is 5.65 Å². The van der Waals surface area contributed by atoms with E-state index in [1.807, 2.05) is 29.7 Å². The number of carbonyl (C=O) groups excluding carboxylic acids is 1. The molecular weight excluding hydrogens is 298 g/mol. The zero-order valence-corrected chi connectivity index (χ0v) is 11.8. The van der Waals surface area contributed by atoms with Crippen LogP contribution in [0.2, 0.25) is 0 Å². The minimum atomic E-state index is -0.380. The first kappa shape index (κ1) is 13.0. The van der Waals surface area contributed by atoms with Gasteiger partial charge in [0.2, 0.25) is 0 Å². The van der Waals surface area contributed by atoms with Crippen LogP contribution in [0, 0.1) is 0 Å². The summed E-state index contributed by atoms with van der Waals surface area (Å²) in [7, 11) is 0. The van der Waals surface area contributed by atoms with E-state index < -0.39 is 0 Å². The summed E-state index contributed by atoms with van der Waals surface area (Å²) in [4.78, 5) is 11.9. The van der Waals surface area contributed by atoms with Gasteiger partial charge < -0.3 is 4.74 Å². The lowest BCUT2D eigenvalue weighted by atomic mass is 10.1. The van der Waals surface area contributed by atoms with Gasteiger partial charge in [-0.1, -0.05) is 6.92 Å². The lowest BCUT2D eigenvalue weighted by Gasteiger charge is -2.11. The maximum absolute atomic E-state index is 11.9. The van der Waals surface area contributed by atoms with Crippen LogP contribution in [0.4, 0.5) is 0 Å². The van der Waals surface area contributed by atoms with Crippen LogP contribution in [0.5, 0.6) is 0 Å². The molecule has 2 aromatic heterocycles. The molecule has 0 aliphatic heterocycles. The Balaban J connectivity index is 2.45. The van der Waals surface area contributed by atoms with Crippen LogP contribution in [-0.2, 0) is 9.53 Å². The molecule has 0 spiro atoms. The third kappa shape index (κ3) is 2.38. The molecule has 2 aromatic rings. The number of hydrogen-bond acceptors (Lipinski definition) is 4. The number of nitrogens with zero attached hydrogens (tertiary/aromatic N) is 3. The van der Waals surface area contributed by atoms with Gasteiger partial charge in [0.05, 0.1) is 6.61 Å². The molecule has 5 nitrogen and oxygen atoms in total. The van der Waals surface area contributed by atoms with Gasteiger partial charge in [-0.05, 0) is 41.4 Å². The topological polar surface area (TPSA) is 56.5 Å². The molecule has 1 unspecified atom stereocenters. The van der Waals surface area contributed by atoms with Crippen molar-refractivity contribution >= 4 is 27.5 Å². The van der Waals surface area contributed by atoms with Gasteiger partial charge in [0.25, 0.3) is 0 Å². The van der Waals surface area contributed by atoms with Crippen LogP contribution < -0.4 is 0 Å². The molecule has 2 heterocycles. The number of halogens is 1. The number of esters is 1. The van der Waals surface area contributed by atoms with Crippen molar-refractivity contribution in [2.24, 2.45) is 0 Å². The van der Waals surface area contributed by atoms with Crippen molar-refractivity contribution in [2.45, 2.75) is 26.2 Å². The molecule has 0 bridgehead atoms. The van der Waals surface area contributed by atoms with E-state index in [0.717, 1.165) is 10.1 Å². The monoisotopic (exact) mass is 311 g/mol. The third-order valence-corrected chi connectivity index (χ3v) is 3.15. The fraction of sp³-hybridized carbons (Fsp3) is 0.417. The first-order chi connectivity index (χ1) is 8.67. The van der Waals surface area contributed by atoms with Crippen molar-refractivity contribution < 1.29 is 9.53 Å². The van der Waals surface area contributed by atoms with Crippen LogP contribution in [0.1, 0.15) is 32.0 Å². The zero-order chi connectivity index (χ0) is 13.1. The van der Waals surface area contributed by atoms with E-state index in [9.17, 15) is 4.79 Å². The molecule has 0 radical (unpaired) electrons. The SMILES string of the molecule is CCOC(=O)C(CC)c1nnc2ccc(Br)cn12. The molecule has 0 saturated heterocycles. The molecule has 0 aliphatic carbocycles. The van der Waals surface area contributed by atoms with Crippen molar-refractivity contribution in [3.05, 3.63) is 28.6 Å². The molecule has 0 fully saturated rings. The second-order valence-electron chi connectivity index (χ2n) is 3.85. The van der Waals surface area contributed by atoms with E-state index in [0.29, 0.717) is 18.9 Å². The number of fused-ring (bicyclic) bond motifs is 1. The average molecular weight is 312 g/mol. The summed E-state index contributed by atoms with van der Waals surface area (Å²) in [5, 5.41) is 8.16. The molecule has 1 atom stereocenters. The van der Waals surface area contributed by atoms with Gasteiger partial charge in [0.1, 0.15) is 5.92 Å². The first-order valence-corrected chi connectivity index (χ1v) is 6.63. The van der Waals surface area contributed by atoms with Gasteiger partial charge in [0.15, 0.2) is 11.5 Å². The van der Waals surface area contributed by atoms with Crippen molar-refractivity contribution in [1.82, 2.24) is 14.6 Å². The number of rotatable bonds is 4. The van der Waals surface area contributed by atoms with E-state index in [2.05, 4.69) is 26.1 Å². The predicted octanol–water partition coefficient (Wildman–Crippen LogP) is 2.55. The van der Waals surface area contributed by atoms with E-state index >= 15 is 0 Å². The summed E-state index contributed by atoms with van der Waals surface area (Å²) in [6, 6.07) is 3.73. The summed E-state index contributed by atoms with van der Waals surface area (Å²) >= 11 is 3.40. The Hall–Kier alpha value is -1.43. The van der Waals surface area contributed by atoms with Crippen molar-refractivity contribution in [3.8, 4) is 0 Å². The summed E-state index contributed by atoms with van der Waals surface area (Å²) in [6.45, 7) is 4.10. The highest BCUT2D eigenvalue weighted by atomic mass is 79.9. The summed E-state index contributed by atoms with van der Waals surface area (Å²) in [5.41, 5.74) is 0.718. The summed E-state index contributed by atoms with van der Waals surface area (Å²) in [6.07, 6.45) is 2.48. The highest BCUT2D eigenvalue weighted by Crippen LogP contribution is 2.21. The molecule has 0 aliphatic rings. The van der Waals surface area contributed by atoms with Crippen LogP contribution in [-0.4, -0.2) is 27.2 Å². The molecule has 0 saturated carbocycles. The molecular formula is C12H14BrN3O2. The number of hydrogen-bond donors (Lipinski definition) is 0. The Morgan fingerprint density at radius 1 is 1.44 bits per heavy atom. The Kier molecular flexibility index (Phi) is 3.96. The average Bonchev–Trinajstić information content (AvgIpc) is 2.74. The normalized spacial score (nSPS) is 12.6. The summed E-state index contributed by atoms with van der Waals surface area (Å²) in [5.74, 6) is -0.0178. The second kappa shape index (κ2) is 5.48. The molecule has 0 aromatic carbocycles. The first-order valence-electron chi connectivity index (χ1n) is 5.84. The lowest BCUT2D eigenvalue weighted by Crippen LogP contribution is -2.17. The Morgan fingerprint density at radius 2 is 2.22 bits per heavy atom. The zero-order valence-electron chi connectivity index (χ0n) is 10.3. The molecule has 18 heavy (non-hydrogen) atoms. The maximum atomic E-state index is 11.9. The molecule has 0 amide bonds. The van der Waals surface area contributed by atoms with E-state index in [4.69, 9.17) is 4.74 Å². The maximum Gasteiger partial charge on any atom is 0.316 e. The fourth-order valence-electron chi connectivity index (χ4n) is 1.82. The van der Waals surface area contributed by atoms with Gasteiger partial charge >= 0.3 is 5.97 Å². The van der Waals surface area contributed by atoms with E-state index in [1.54, 1.807) is 6.92 Å². The van der Waals surface area contributed by atoms with Crippen LogP contribution in [0.3, 0.4) is 0 Å². The van der Waals surface area contributed by atoms with Crippen molar-refractivity contribution in [3.63, 3.8) is 0 Å². The number of carbonyl (C=O) groups is 1. The highest BCUT2D eigenvalue weighted by Gasteiger charge is 2.25. The number of ether oxygens (including phenoxy) is 1. The standard InChI is InChI=1S/C12H14BrN3O2/c1-3-9(12(17)18-4-2)11-15-14-10-6-5-8(13)7-16(10)11/h5-7,9H,3-4H2,1-2H3. The van der Waals surface area contributed by atoms with Gasteiger partial charge in [0, 0.05) is 10.7 Å². The van der Waals surface area contributed by atoms with Crippen molar-refractivity contribution in [2.75, 3.05) is 6.61 Å². The quantitative estimate of drug-likeness (QED) is 0.814.